The predicted octanol–water partition coefficient (Wildman–Crippen LogP) is 3.30. The molecule has 0 spiro atoms. The second kappa shape index (κ2) is 6.35. The third-order valence-electron chi connectivity index (χ3n) is 2.82. The van der Waals surface area contributed by atoms with Gasteiger partial charge in [-0.05, 0) is 22.4 Å². The van der Waals surface area contributed by atoms with E-state index in [1.54, 1.807) is 6.20 Å². The van der Waals surface area contributed by atoms with Gasteiger partial charge in [0.2, 0.25) is 0 Å². The van der Waals surface area contributed by atoms with Gasteiger partial charge < -0.3 is 10.3 Å². The lowest BCUT2D eigenvalue weighted by molar-refractivity contribution is 0.544. The molecule has 0 radical (unpaired) electrons. The fraction of sp³-hybridized carbons (Fsp3) is 0.500. The average molecular weight is 338 g/mol. The first-order valence-electron chi connectivity index (χ1n) is 6.72. The number of hydrogen-bond acceptors (Lipinski definition) is 4. The van der Waals surface area contributed by atoms with Crippen LogP contribution in [0.25, 0.3) is 0 Å². The Morgan fingerprint density at radius 2 is 2.10 bits per heavy atom. The number of halogens is 1. The largest absolute Gasteiger partial charge is 0.370 e. The van der Waals surface area contributed by atoms with E-state index in [1.165, 1.54) is 0 Å². The SMILES string of the molecule is CC(C)(C)c1nc(Br)cc(NCCCc2ncc[nH]2)n1. The van der Waals surface area contributed by atoms with Gasteiger partial charge in [-0.2, -0.15) is 0 Å². The highest BCUT2D eigenvalue weighted by molar-refractivity contribution is 9.10. The van der Waals surface area contributed by atoms with Gasteiger partial charge in [-0.15, -0.1) is 0 Å². The van der Waals surface area contributed by atoms with Gasteiger partial charge in [-0.25, -0.2) is 15.0 Å². The lowest BCUT2D eigenvalue weighted by atomic mass is 9.96. The van der Waals surface area contributed by atoms with Crippen LogP contribution in [0.3, 0.4) is 0 Å². The summed E-state index contributed by atoms with van der Waals surface area (Å²) in [4.78, 5) is 16.3. The Morgan fingerprint density at radius 3 is 2.75 bits per heavy atom. The molecule has 5 nitrogen and oxygen atoms in total. The van der Waals surface area contributed by atoms with Crippen LogP contribution in [0.4, 0.5) is 5.82 Å². The van der Waals surface area contributed by atoms with Crippen molar-refractivity contribution in [1.29, 1.82) is 0 Å². The molecular formula is C14H20BrN5. The van der Waals surface area contributed by atoms with Crippen LogP contribution < -0.4 is 5.32 Å². The number of rotatable bonds is 5. The Balaban J connectivity index is 1.91. The molecule has 2 heterocycles. The van der Waals surface area contributed by atoms with Crippen molar-refractivity contribution < 1.29 is 0 Å². The van der Waals surface area contributed by atoms with Crippen LogP contribution in [0, 0.1) is 0 Å². The van der Waals surface area contributed by atoms with Gasteiger partial charge in [0.25, 0.3) is 0 Å². The zero-order valence-corrected chi connectivity index (χ0v) is 13.7. The fourth-order valence-electron chi connectivity index (χ4n) is 1.75. The van der Waals surface area contributed by atoms with Crippen molar-refractivity contribution in [2.75, 3.05) is 11.9 Å². The highest BCUT2D eigenvalue weighted by Gasteiger charge is 2.18. The molecule has 0 fully saturated rings. The molecule has 2 aromatic rings. The first-order chi connectivity index (χ1) is 9.45. The Hall–Kier alpha value is -1.43. The number of hydrogen-bond donors (Lipinski definition) is 2. The molecule has 2 N–H and O–H groups in total. The molecular weight excluding hydrogens is 318 g/mol. The van der Waals surface area contributed by atoms with Crippen molar-refractivity contribution in [2.45, 2.75) is 39.0 Å². The van der Waals surface area contributed by atoms with E-state index in [0.717, 1.165) is 41.5 Å². The van der Waals surface area contributed by atoms with Crippen LogP contribution in [0.5, 0.6) is 0 Å². The number of aromatic nitrogens is 4. The van der Waals surface area contributed by atoms with Gasteiger partial charge in [-0.3, -0.25) is 0 Å². The van der Waals surface area contributed by atoms with Crippen molar-refractivity contribution >= 4 is 21.7 Å². The van der Waals surface area contributed by atoms with Crippen LogP contribution in [0.2, 0.25) is 0 Å². The summed E-state index contributed by atoms with van der Waals surface area (Å²) in [5, 5.41) is 3.34. The lowest BCUT2D eigenvalue weighted by Crippen LogP contribution is -2.17. The number of nitrogens with one attached hydrogen (secondary N) is 2. The summed E-state index contributed by atoms with van der Waals surface area (Å²) in [6, 6.07) is 1.90. The number of nitrogens with zero attached hydrogens (tertiary/aromatic N) is 3. The standard InChI is InChI=1S/C14H20BrN5/c1-14(2,3)13-19-10(15)9-12(20-13)16-6-4-5-11-17-7-8-18-11/h7-9H,4-6H2,1-3H3,(H,17,18)(H,16,19,20). The summed E-state index contributed by atoms with van der Waals surface area (Å²) in [6.45, 7) is 7.17. The molecule has 0 bridgehead atoms. The Morgan fingerprint density at radius 1 is 1.30 bits per heavy atom. The van der Waals surface area contributed by atoms with E-state index in [2.05, 4.69) is 62.0 Å². The monoisotopic (exact) mass is 337 g/mol. The van der Waals surface area contributed by atoms with Crippen LogP contribution in [0.15, 0.2) is 23.1 Å². The smallest absolute Gasteiger partial charge is 0.137 e. The van der Waals surface area contributed by atoms with Crippen LogP contribution >= 0.6 is 15.9 Å². The van der Waals surface area contributed by atoms with Crippen molar-refractivity contribution in [2.24, 2.45) is 0 Å². The minimum Gasteiger partial charge on any atom is -0.370 e. The Labute approximate surface area is 127 Å². The first-order valence-corrected chi connectivity index (χ1v) is 7.51. The molecule has 0 unspecified atom stereocenters. The molecule has 0 amide bonds. The maximum absolute atomic E-state index is 4.56. The Bertz CT molecular complexity index is 545. The number of imidazole rings is 1. The van der Waals surface area contributed by atoms with Crippen LogP contribution in [0.1, 0.15) is 38.8 Å². The van der Waals surface area contributed by atoms with Gasteiger partial charge in [0.1, 0.15) is 22.1 Å². The van der Waals surface area contributed by atoms with E-state index in [1.807, 2.05) is 12.3 Å². The lowest BCUT2D eigenvalue weighted by Gasteiger charge is -2.17. The summed E-state index contributed by atoms with van der Waals surface area (Å²) < 4.78 is 0.811. The highest BCUT2D eigenvalue weighted by atomic mass is 79.9. The fourth-order valence-corrected chi connectivity index (χ4v) is 2.14. The van der Waals surface area contributed by atoms with E-state index in [4.69, 9.17) is 0 Å². The minimum absolute atomic E-state index is 0.0611. The van der Waals surface area contributed by atoms with Gasteiger partial charge >= 0.3 is 0 Å². The predicted molar refractivity (Wildman–Crippen MR) is 83.8 cm³/mol. The summed E-state index contributed by atoms with van der Waals surface area (Å²) in [5.41, 5.74) is -0.0611. The number of aryl methyl sites for hydroxylation is 1. The summed E-state index contributed by atoms with van der Waals surface area (Å²) in [5.74, 6) is 2.71. The van der Waals surface area contributed by atoms with Crippen LogP contribution in [-0.2, 0) is 11.8 Å². The zero-order chi connectivity index (χ0) is 14.6. The molecule has 2 rings (SSSR count). The molecule has 108 valence electrons. The molecule has 0 aliphatic carbocycles. The second-order valence-electron chi connectivity index (χ2n) is 5.72. The Kier molecular flexibility index (Phi) is 4.75. The molecule has 0 saturated heterocycles. The molecule has 2 aromatic heterocycles. The zero-order valence-electron chi connectivity index (χ0n) is 12.1. The number of anilines is 1. The van der Waals surface area contributed by atoms with E-state index >= 15 is 0 Å². The molecule has 0 aromatic carbocycles. The first kappa shape index (κ1) is 15.0. The maximum atomic E-state index is 4.56. The van der Waals surface area contributed by atoms with Crippen molar-refractivity contribution in [1.82, 2.24) is 19.9 Å². The minimum atomic E-state index is -0.0611. The van der Waals surface area contributed by atoms with Gasteiger partial charge in [0, 0.05) is 36.8 Å². The van der Waals surface area contributed by atoms with Gasteiger partial charge in [0.05, 0.1) is 0 Å². The third kappa shape index (κ3) is 4.30. The molecule has 6 heteroatoms. The molecule has 0 atom stereocenters. The van der Waals surface area contributed by atoms with E-state index in [0.29, 0.717) is 0 Å². The van der Waals surface area contributed by atoms with Gasteiger partial charge in [0.15, 0.2) is 0 Å². The highest BCUT2D eigenvalue weighted by Crippen LogP contribution is 2.22. The van der Waals surface area contributed by atoms with Crippen molar-refractivity contribution in [3.8, 4) is 0 Å². The van der Waals surface area contributed by atoms with E-state index in [-0.39, 0.29) is 5.41 Å². The number of H-pyrrole nitrogens is 1. The molecule has 0 aliphatic heterocycles. The molecule has 0 aliphatic rings. The van der Waals surface area contributed by atoms with E-state index < -0.39 is 0 Å². The third-order valence-corrected chi connectivity index (χ3v) is 3.22. The van der Waals surface area contributed by atoms with Gasteiger partial charge in [-0.1, -0.05) is 20.8 Å². The molecule has 0 saturated carbocycles. The topological polar surface area (TPSA) is 66.5 Å². The van der Waals surface area contributed by atoms with Crippen molar-refractivity contribution in [3.05, 3.63) is 34.7 Å². The van der Waals surface area contributed by atoms with E-state index in [9.17, 15) is 0 Å². The quantitative estimate of drug-likeness (QED) is 0.648. The van der Waals surface area contributed by atoms with Crippen LogP contribution in [-0.4, -0.2) is 26.5 Å². The summed E-state index contributed by atoms with van der Waals surface area (Å²) in [6.07, 6.45) is 5.55. The summed E-state index contributed by atoms with van der Waals surface area (Å²) in [7, 11) is 0. The summed E-state index contributed by atoms with van der Waals surface area (Å²) >= 11 is 3.44. The number of aromatic amines is 1. The average Bonchev–Trinajstić information content (AvgIpc) is 2.86. The maximum Gasteiger partial charge on any atom is 0.137 e. The molecule has 20 heavy (non-hydrogen) atoms. The normalized spacial score (nSPS) is 11.6. The second-order valence-corrected chi connectivity index (χ2v) is 6.53. The van der Waals surface area contributed by atoms with Crippen molar-refractivity contribution in [3.63, 3.8) is 0 Å².